The maximum absolute atomic E-state index is 13.2. The van der Waals surface area contributed by atoms with Crippen LogP contribution in [0, 0.1) is 11.8 Å². The fraction of sp³-hybridized carbons (Fsp3) is 0.611. The van der Waals surface area contributed by atoms with Crippen molar-refractivity contribution in [1.82, 2.24) is 10.2 Å². The Kier molecular flexibility index (Phi) is 5.05. The van der Waals surface area contributed by atoms with Crippen molar-refractivity contribution in [2.24, 2.45) is 11.8 Å². The largest absolute Gasteiger partial charge is 0.342 e. The average molecular weight is 400 g/mol. The molecular weight excluding hydrogens is 376 g/mol. The van der Waals surface area contributed by atoms with E-state index in [9.17, 15) is 4.79 Å². The Morgan fingerprint density at radius 3 is 2.39 bits per heavy atom. The van der Waals surface area contributed by atoms with Gasteiger partial charge in [0, 0.05) is 17.6 Å². The highest BCUT2D eigenvalue weighted by atomic mass is 79.9. The number of likely N-dealkylation sites (tertiary alicyclic amines) is 1. The van der Waals surface area contributed by atoms with E-state index in [0.29, 0.717) is 5.91 Å². The molecule has 0 bridgehead atoms. The number of benzene rings is 1. The maximum atomic E-state index is 13.2. The van der Waals surface area contributed by atoms with Crippen LogP contribution in [0.3, 0.4) is 0 Å². The van der Waals surface area contributed by atoms with Gasteiger partial charge in [-0.1, -0.05) is 28.1 Å². The number of fused-ring (bicyclic) bond motifs is 1. The molecule has 2 heterocycles. The summed E-state index contributed by atoms with van der Waals surface area (Å²) in [5, 5.41) is 3.50. The first-order valence-corrected chi connectivity index (χ1v) is 9.24. The molecule has 23 heavy (non-hydrogen) atoms. The molecule has 2 aliphatic heterocycles. The van der Waals surface area contributed by atoms with Crippen LogP contribution in [0.25, 0.3) is 0 Å². The summed E-state index contributed by atoms with van der Waals surface area (Å²) in [5.41, 5.74) is 0.972. The van der Waals surface area contributed by atoms with E-state index in [1.165, 1.54) is 5.56 Å². The van der Waals surface area contributed by atoms with Gasteiger partial charge in [0.25, 0.3) is 0 Å². The number of carbonyl (C=O) groups is 1. The fourth-order valence-electron chi connectivity index (χ4n) is 4.26. The minimum atomic E-state index is -0.221. The third-order valence-corrected chi connectivity index (χ3v) is 6.34. The molecule has 3 aliphatic rings. The van der Waals surface area contributed by atoms with Gasteiger partial charge in [0.1, 0.15) is 0 Å². The molecule has 0 aromatic heterocycles. The molecule has 2 saturated heterocycles. The second kappa shape index (κ2) is 6.73. The van der Waals surface area contributed by atoms with Crippen molar-refractivity contribution in [2.75, 3.05) is 26.2 Å². The predicted molar refractivity (Wildman–Crippen MR) is 98.0 cm³/mol. The predicted octanol–water partition coefficient (Wildman–Crippen LogP) is 3.36. The quantitative estimate of drug-likeness (QED) is 0.827. The van der Waals surface area contributed by atoms with Crippen LogP contribution in [0.15, 0.2) is 28.7 Å². The molecule has 2 atom stereocenters. The molecule has 0 radical (unpaired) electrons. The average Bonchev–Trinajstić information content (AvgIpc) is 3.26. The lowest BCUT2D eigenvalue weighted by atomic mass is 9.92. The smallest absolute Gasteiger partial charge is 0.233 e. The van der Waals surface area contributed by atoms with Crippen LogP contribution in [-0.2, 0) is 10.2 Å². The van der Waals surface area contributed by atoms with Crippen LogP contribution in [0.4, 0.5) is 0 Å². The third-order valence-electron chi connectivity index (χ3n) is 5.84. The number of nitrogens with zero attached hydrogens (tertiary/aromatic N) is 1. The van der Waals surface area contributed by atoms with Crippen molar-refractivity contribution >= 4 is 34.2 Å². The first-order chi connectivity index (χ1) is 10.7. The molecule has 0 unspecified atom stereocenters. The molecule has 1 saturated carbocycles. The summed E-state index contributed by atoms with van der Waals surface area (Å²) in [4.78, 5) is 15.3. The highest BCUT2D eigenvalue weighted by Gasteiger charge is 2.53. The summed E-state index contributed by atoms with van der Waals surface area (Å²) in [5.74, 6) is 1.93. The standard InChI is InChI=1S/C18H23BrN2O.ClH/c19-16-3-1-2-15(10-16)18(6-7-18)17(22)21-8-4-13-11-20-12-14(13)5-9-21;/h1-3,10,13-14,20H,4-9,11-12H2;1H/t13-,14+;. The van der Waals surface area contributed by atoms with E-state index in [-0.39, 0.29) is 17.8 Å². The van der Waals surface area contributed by atoms with Gasteiger partial charge in [-0.3, -0.25) is 4.79 Å². The summed E-state index contributed by atoms with van der Waals surface area (Å²) in [6.45, 7) is 4.17. The number of hydrogen-bond acceptors (Lipinski definition) is 2. The Labute approximate surface area is 152 Å². The monoisotopic (exact) mass is 398 g/mol. The van der Waals surface area contributed by atoms with Crippen LogP contribution >= 0.6 is 28.3 Å². The van der Waals surface area contributed by atoms with Crippen molar-refractivity contribution in [3.8, 4) is 0 Å². The number of carbonyl (C=O) groups excluding carboxylic acids is 1. The topological polar surface area (TPSA) is 32.3 Å². The number of halogens is 2. The zero-order valence-electron chi connectivity index (χ0n) is 13.3. The van der Waals surface area contributed by atoms with Crippen molar-refractivity contribution < 1.29 is 4.79 Å². The van der Waals surface area contributed by atoms with E-state index in [1.807, 2.05) is 12.1 Å². The van der Waals surface area contributed by atoms with Gasteiger partial charge in [-0.15, -0.1) is 12.4 Å². The second-order valence-corrected chi connectivity index (χ2v) is 8.06. The molecule has 5 heteroatoms. The lowest BCUT2D eigenvalue weighted by molar-refractivity contribution is -0.134. The Balaban J connectivity index is 0.00000156. The van der Waals surface area contributed by atoms with Crippen LogP contribution in [0.1, 0.15) is 31.2 Å². The maximum Gasteiger partial charge on any atom is 0.233 e. The zero-order valence-corrected chi connectivity index (χ0v) is 15.7. The Morgan fingerprint density at radius 2 is 1.83 bits per heavy atom. The third kappa shape index (κ3) is 3.18. The van der Waals surface area contributed by atoms with Crippen molar-refractivity contribution in [2.45, 2.75) is 31.1 Å². The second-order valence-electron chi connectivity index (χ2n) is 7.14. The van der Waals surface area contributed by atoms with Crippen LogP contribution in [-0.4, -0.2) is 37.0 Å². The van der Waals surface area contributed by atoms with E-state index in [1.54, 1.807) is 0 Å². The molecule has 1 aliphatic carbocycles. The Morgan fingerprint density at radius 1 is 1.17 bits per heavy atom. The number of hydrogen-bond donors (Lipinski definition) is 1. The minimum Gasteiger partial charge on any atom is -0.342 e. The minimum absolute atomic E-state index is 0. The Hall–Kier alpha value is -0.580. The summed E-state index contributed by atoms with van der Waals surface area (Å²) < 4.78 is 1.07. The Bertz CT molecular complexity index is 576. The molecule has 126 valence electrons. The molecule has 1 N–H and O–H groups in total. The van der Waals surface area contributed by atoms with E-state index in [2.05, 4.69) is 38.3 Å². The number of nitrogens with one attached hydrogen (secondary N) is 1. The zero-order chi connectivity index (χ0) is 15.2. The molecule has 3 nitrogen and oxygen atoms in total. The molecule has 3 fully saturated rings. The first kappa shape index (κ1) is 17.2. The van der Waals surface area contributed by atoms with Crippen LogP contribution in [0.2, 0.25) is 0 Å². The van der Waals surface area contributed by atoms with Crippen LogP contribution < -0.4 is 5.32 Å². The SMILES string of the molecule is Cl.O=C(N1CC[C@@H]2CNC[C@@H]2CC1)C1(c2cccc(Br)c2)CC1. The highest BCUT2D eigenvalue weighted by molar-refractivity contribution is 9.10. The summed E-state index contributed by atoms with van der Waals surface area (Å²) >= 11 is 3.54. The van der Waals surface area contributed by atoms with Gasteiger partial charge in [-0.2, -0.15) is 0 Å². The van der Waals surface area contributed by atoms with Gasteiger partial charge < -0.3 is 10.2 Å². The van der Waals surface area contributed by atoms with Crippen LogP contribution in [0.5, 0.6) is 0 Å². The molecule has 0 spiro atoms. The van der Waals surface area contributed by atoms with Gasteiger partial charge >= 0.3 is 0 Å². The van der Waals surface area contributed by atoms with Gasteiger partial charge in [-0.25, -0.2) is 0 Å². The van der Waals surface area contributed by atoms with Gasteiger partial charge in [0.2, 0.25) is 5.91 Å². The number of rotatable bonds is 2. The molecule has 4 rings (SSSR count). The van der Waals surface area contributed by atoms with E-state index in [0.717, 1.165) is 68.2 Å². The summed E-state index contributed by atoms with van der Waals surface area (Å²) in [7, 11) is 0. The van der Waals surface area contributed by atoms with E-state index in [4.69, 9.17) is 0 Å². The van der Waals surface area contributed by atoms with E-state index < -0.39 is 0 Å². The normalized spacial score (nSPS) is 28.5. The molecule has 1 aromatic carbocycles. The van der Waals surface area contributed by atoms with Gasteiger partial charge in [0.15, 0.2) is 0 Å². The van der Waals surface area contributed by atoms with Gasteiger partial charge in [0.05, 0.1) is 5.41 Å². The molecule has 1 aromatic rings. The fourth-order valence-corrected chi connectivity index (χ4v) is 4.66. The lowest BCUT2D eigenvalue weighted by Gasteiger charge is -2.27. The number of amides is 1. The summed E-state index contributed by atoms with van der Waals surface area (Å²) in [6.07, 6.45) is 4.34. The lowest BCUT2D eigenvalue weighted by Crippen LogP contribution is -2.40. The first-order valence-electron chi connectivity index (χ1n) is 8.45. The molecular formula is C18H24BrClN2O. The molecule has 1 amide bonds. The van der Waals surface area contributed by atoms with Crippen molar-refractivity contribution in [1.29, 1.82) is 0 Å². The van der Waals surface area contributed by atoms with Crippen molar-refractivity contribution in [3.63, 3.8) is 0 Å². The van der Waals surface area contributed by atoms with Crippen molar-refractivity contribution in [3.05, 3.63) is 34.3 Å². The highest BCUT2D eigenvalue weighted by Crippen LogP contribution is 2.50. The summed E-state index contributed by atoms with van der Waals surface area (Å²) in [6, 6.07) is 8.32. The van der Waals surface area contributed by atoms with Gasteiger partial charge in [-0.05, 0) is 68.3 Å². The van der Waals surface area contributed by atoms with E-state index >= 15 is 0 Å².